The van der Waals surface area contributed by atoms with Crippen LogP contribution in [0.1, 0.15) is 5.76 Å². The predicted molar refractivity (Wildman–Crippen MR) is 73.2 cm³/mol. The second-order valence-electron chi connectivity index (χ2n) is 3.40. The topological polar surface area (TPSA) is 76.4 Å². The predicted octanol–water partition coefficient (Wildman–Crippen LogP) is 1.06. The summed E-state index contributed by atoms with van der Waals surface area (Å²) in [6, 6.07) is 3.52. The fraction of sp³-hybridized carbons (Fsp3) is 0.300. The Labute approximate surface area is 113 Å². The van der Waals surface area contributed by atoms with Gasteiger partial charge in [-0.1, -0.05) is 0 Å². The Balaban J connectivity index is 2.37. The molecular formula is C10H12INO4S. The van der Waals surface area contributed by atoms with Gasteiger partial charge in [-0.2, -0.15) is 0 Å². The molecule has 0 bridgehead atoms. The number of furan rings is 1. The van der Waals surface area contributed by atoms with Gasteiger partial charge in [0.05, 0.1) is 5.75 Å². The Morgan fingerprint density at radius 3 is 2.76 bits per heavy atom. The third kappa shape index (κ3) is 6.47. The lowest BCUT2D eigenvalue weighted by Crippen LogP contribution is -2.27. The highest BCUT2D eigenvalue weighted by Crippen LogP contribution is 2.11. The van der Waals surface area contributed by atoms with E-state index in [0.717, 1.165) is 10.0 Å². The maximum atomic E-state index is 11.3. The lowest BCUT2D eigenvalue weighted by atomic mass is 10.4. The molecule has 7 heteroatoms. The molecule has 0 spiro atoms. The second kappa shape index (κ2) is 6.20. The lowest BCUT2D eigenvalue weighted by Gasteiger charge is -1.99. The molecule has 0 aliphatic heterocycles. The van der Waals surface area contributed by atoms with E-state index >= 15 is 0 Å². The van der Waals surface area contributed by atoms with Crippen LogP contribution in [0.15, 0.2) is 22.6 Å². The normalized spacial score (nSPS) is 11.9. The molecule has 1 rings (SSSR count). The molecule has 5 nitrogen and oxygen atoms in total. The minimum atomic E-state index is -3.04. The molecular weight excluding hydrogens is 357 g/mol. The standard InChI is InChI=1S/C10H12INO4S/c1-17(14,15)7-6-12-10(13)5-3-8-2-4-9(11)16-8/h2-5H,6-7H2,1H3,(H,12,13). The van der Waals surface area contributed by atoms with Crippen LogP contribution in [0.4, 0.5) is 0 Å². The van der Waals surface area contributed by atoms with Crippen LogP contribution < -0.4 is 5.32 Å². The largest absolute Gasteiger partial charge is 0.451 e. The number of nitrogens with one attached hydrogen (secondary N) is 1. The Hall–Kier alpha value is -0.830. The van der Waals surface area contributed by atoms with Crippen LogP contribution in [0.3, 0.4) is 0 Å². The van der Waals surface area contributed by atoms with E-state index in [1.807, 2.05) is 22.6 Å². The first kappa shape index (κ1) is 14.2. The van der Waals surface area contributed by atoms with Crippen LogP contribution in [0.25, 0.3) is 6.08 Å². The number of hydrogen-bond acceptors (Lipinski definition) is 4. The lowest BCUT2D eigenvalue weighted by molar-refractivity contribution is -0.116. The fourth-order valence-corrected chi connectivity index (χ4v) is 1.90. The van der Waals surface area contributed by atoms with Crippen LogP contribution in [-0.4, -0.2) is 32.9 Å². The van der Waals surface area contributed by atoms with Crippen molar-refractivity contribution in [1.82, 2.24) is 5.32 Å². The highest BCUT2D eigenvalue weighted by Gasteiger charge is 2.02. The first-order chi connectivity index (χ1) is 7.87. The smallest absolute Gasteiger partial charge is 0.244 e. The summed E-state index contributed by atoms with van der Waals surface area (Å²) in [5.41, 5.74) is 0. The molecule has 94 valence electrons. The number of amides is 1. The molecule has 0 radical (unpaired) electrons. The zero-order valence-electron chi connectivity index (χ0n) is 9.14. The van der Waals surface area contributed by atoms with Gasteiger partial charge >= 0.3 is 0 Å². The van der Waals surface area contributed by atoms with Crippen LogP contribution in [0.5, 0.6) is 0 Å². The Bertz CT molecular complexity index is 518. The van der Waals surface area contributed by atoms with Crippen LogP contribution >= 0.6 is 22.6 Å². The van der Waals surface area contributed by atoms with Crippen LogP contribution in [0, 0.1) is 3.77 Å². The Morgan fingerprint density at radius 1 is 1.53 bits per heavy atom. The van der Waals surface area contributed by atoms with Gasteiger partial charge in [-0.25, -0.2) is 8.42 Å². The summed E-state index contributed by atoms with van der Waals surface area (Å²) in [5.74, 6) is 0.165. The molecule has 0 saturated heterocycles. The molecule has 1 N–H and O–H groups in total. The highest BCUT2D eigenvalue weighted by molar-refractivity contribution is 14.1. The number of hydrogen-bond donors (Lipinski definition) is 1. The van der Waals surface area contributed by atoms with Crippen molar-refractivity contribution < 1.29 is 17.6 Å². The molecule has 1 aromatic heterocycles. The first-order valence-corrected chi connectivity index (χ1v) is 7.90. The number of sulfone groups is 1. The molecule has 0 atom stereocenters. The van der Waals surface area contributed by atoms with Crippen LogP contribution in [0.2, 0.25) is 0 Å². The van der Waals surface area contributed by atoms with Crippen molar-refractivity contribution in [3.63, 3.8) is 0 Å². The average Bonchev–Trinajstić information content (AvgIpc) is 2.59. The Kier molecular flexibility index (Phi) is 5.19. The van der Waals surface area contributed by atoms with Gasteiger partial charge in [0.15, 0.2) is 3.77 Å². The number of carbonyl (C=O) groups is 1. The van der Waals surface area contributed by atoms with E-state index in [1.54, 1.807) is 12.1 Å². The van der Waals surface area contributed by atoms with Crippen molar-refractivity contribution in [2.75, 3.05) is 18.6 Å². The maximum absolute atomic E-state index is 11.3. The van der Waals surface area contributed by atoms with Gasteiger partial charge in [0, 0.05) is 18.9 Å². The number of halogens is 1. The van der Waals surface area contributed by atoms with E-state index in [2.05, 4.69) is 5.32 Å². The molecule has 0 aliphatic carbocycles. The van der Waals surface area contributed by atoms with Gasteiger partial charge in [-0.05, 0) is 40.8 Å². The molecule has 17 heavy (non-hydrogen) atoms. The summed E-state index contributed by atoms with van der Waals surface area (Å²) in [5, 5.41) is 2.47. The average molecular weight is 369 g/mol. The van der Waals surface area contributed by atoms with Crippen LogP contribution in [-0.2, 0) is 14.6 Å². The van der Waals surface area contributed by atoms with Gasteiger partial charge in [0.25, 0.3) is 0 Å². The van der Waals surface area contributed by atoms with Crippen molar-refractivity contribution in [3.05, 3.63) is 27.7 Å². The molecule has 0 unspecified atom stereocenters. The first-order valence-electron chi connectivity index (χ1n) is 4.76. The van der Waals surface area contributed by atoms with E-state index in [1.165, 1.54) is 12.2 Å². The molecule has 0 fully saturated rings. The number of rotatable bonds is 5. The van der Waals surface area contributed by atoms with Gasteiger partial charge < -0.3 is 9.73 Å². The van der Waals surface area contributed by atoms with E-state index in [9.17, 15) is 13.2 Å². The molecule has 0 saturated carbocycles. The summed E-state index contributed by atoms with van der Waals surface area (Å²) in [6.07, 6.45) is 3.95. The van der Waals surface area contributed by atoms with Gasteiger partial charge in [0.1, 0.15) is 15.6 Å². The molecule has 1 aromatic rings. The van der Waals surface area contributed by atoms with E-state index in [-0.39, 0.29) is 18.2 Å². The van der Waals surface area contributed by atoms with E-state index in [0.29, 0.717) is 5.76 Å². The van der Waals surface area contributed by atoms with Gasteiger partial charge in [-0.3, -0.25) is 4.79 Å². The summed E-state index contributed by atoms with van der Waals surface area (Å²) in [6.45, 7) is 0.109. The Morgan fingerprint density at radius 2 is 2.24 bits per heavy atom. The third-order valence-corrected chi connectivity index (χ3v) is 3.29. The van der Waals surface area contributed by atoms with Crippen molar-refractivity contribution in [1.29, 1.82) is 0 Å². The van der Waals surface area contributed by atoms with Crippen molar-refractivity contribution in [3.8, 4) is 0 Å². The zero-order valence-corrected chi connectivity index (χ0v) is 12.1. The fourth-order valence-electron chi connectivity index (χ4n) is 0.994. The minimum absolute atomic E-state index is 0.0643. The summed E-state index contributed by atoms with van der Waals surface area (Å²) >= 11 is 2.02. The summed E-state index contributed by atoms with van der Waals surface area (Å²) < 4.78 is 27.6. The highest BCUT2D eigenvalue weighted by atomic mass is 127. The van der Waals surface area contributed by atoms with Crippen molar-refractivity contribution >= 4 is 44.4 Å². The second-order valence-corrected chi connectivity index (χ2v) is 6.72. The van der Waals surface area contributed by atoms with Crippen molar-refractivity contribution in [2.24, 2.45) is 0 Å². The molecule has 0 aromatic carbocycles. The van der Waals surface area contributed by atoms with Gasteiger partial charge in [0.2, 0.25) is 5.91 Å². The molecule has 1 heterocycles. The van der Waals surface area contributed by atoms with Gasteiger partial charge in [-0.15, -0.1) is 0 Å². The quantitative estimate of drug-likeness (QED) is 0.622. The van der Waals surface area contributed by atoms with E-state index < -0.39 is 9.84 Å². The SMILES string of the molecule is CS(=O)(=O)CCNC(=O)C=Cc1ccc(I)o1. The molecule has 1 amide bonds. The maximum Gasteiger partial charge on any atom is 0.244 e. The number of carbonyl (C=O) groups excluding carboxylic acids is 1. The molecule has 0 aliphatic rings. The van der Waals surface area contributed by atoms with E-state index in [4.69, 9.17) is 4.42 Å². The summed E-state index contributed by atoms with van der Waals surface area (Å²) in [7, 11) is -3.04. The van der Waals surface area contributed by atoms with Crippen molar-refractivity contribution in [2.45, 2.75) is 0 Å². The zero-order chi connectivity index (χ0) is 12.9. The summed E-state index contributed by atoms with van der Waals surface area (Å²) in [4.78, 5) is 11.3. The monoisotopic (exact) mass is 369 g/mol. The minimum Gasteiger partial charge on any atom is -0.451 e. The third-order valence-electron chi connectivity index (χ3n) is 1.77.